The number of nitrogens with one attached hydrogen (secondary N) is 1. The van der Waals surface area contributed by atoms with Crippen LogP contribution >= 0.6 is 12.2 Å². The maximum Gasteiger partial charge on any atom is 0.416 e. The van der Waals surface area contributed by atoms with Crippen LogP contribution < -0.4 is 11.1 Å². The summed E-state index contributed by atoms with van der Waals surface area (Å²) < 4.78 is 37.7. The highest BCUT2D eigenvalue weighted by atomic mass is 32.1. The van der Waals surface area contributed by atoms with E-state index in [2.05, 4.69) is 5.32 Å². The van der Waals surface area contributed by atoms with Crippen molar-refractivity contribution < 1.29 is 18.0 Å². The van der Waals surface area contributed by atoms with Crippen molar-refractivity contribution in [1.82, 2.24) is 0 Å². The Labute approximate surface area is 120 Å². The standard InChI is InChI=1S/C13H15F3N2OS/c1-3-12(2,10(17)20)11(19)18-9-6-4-5-8(7-9)13(14,15)16/h4-7H,3H2,1-2H3,(H2,17,20)(H,18,19). The average molecular weight is 304 g/mol. The van der Waals surface area contributed by atoms with E-state index in [4.69, 9.17) is 18.0 Å². The number of thiocarbonyl (C=S) groups is 1. The lowest BCUT2D eigenvalue weighted by atomic mass is 9.86. The first-order valence-corrected chi connectivity index (χ1v) is 6.30. The molecule has 7 heteroatoms. The summed E-state index contributed by atoms with van der Waals surface area (Å²) in [5.41, 5.74) is 3.66. The van der Waals surface area contributed by atoms with Gasteiger partial charge in [0.25, 0.3) is 0 Å². The largest absolute Gasteiger partial charge is 0.416 e. The number of halogens is 3. The van der Waals surface area contributed by atoms with Gasteiger partial charge < -0.3 is 11.1 Å². The van der Waals surface area contributed by atoms with E-state index in [-0.39, 0.29) is 10.7 Å². The van der Waals surface area contributed by atoms with Crippen molar-refractivity contribution in [2.45, 2.75) is 26.4 Å². The first-order valence-electron chi connectivity index (χ1n) is 5.90. The lowest BCUT2D eigenvalue weighted by molar-refractivity contribution is -0.137. The molecule has 0 saturated carbocycles. The smallest absolute Gasteiger partial charge is 0.392 e. The van der Waals surface area contributed by atoms with Crippen molar-refractivity contribution in [3.63, 3.8) is 0 Å². The number of anilines is 1. The van der Waals surface area contributed by atoms with Crippen LogP contribution in [0.4, 0.5) is 18.9 Å². The Kier molecular flexibility index (Phi) is 4.75. The molecule has 0 saturated heterocycles. The number of nitrogens with two attached hydrogens (primary N) is 1. The molecule has 0 bridgehead atoms. The van der Waals surface area contributed by atoms with Gasteiger partial charge in [-0.15, -0.1) is 0 Å². The fraction of sp³-hybridized carbons (Fsp3) is 0.385. The zero-order valence-electron chi connectivity index (χ0n) is 11.0. The van der Waals surface area contributed by atoms with Crippen LogP contribution in [0.25, 0.3) is 0 Å². The van der Waals surface area contributed by atoms with E-state index in [1.807, 2.05) is 0 Å². The number of carbonyl (C=O) groups excluding carboxylic acids is 1. The molecule has 1 aromatic rings. The van der Waals surface area contributed by atoms with Crippen LogP contribution in [-0.2, 0) is 11.0 Å². The summed E-state index contributed by atoms with van der Waals surface area (Å²) in [7, 11) is 0. The minimum Gasteiger partial charge on any atom is -0.392 e. The van der Waals surface area contributed by atoms with Crippen molar-refractivity contribution >= 4 is 28.8 Å². The average Bonchev–Trinajstić information content (AvgIpc) is 2.36. The molecule has 1 rings (SSSR count). The van der Waals surface area contributed by atoms with Gasteiger partial charge in [-0.3, -0.25) is 4.79 Å². The van der Waals surface area contributed by atoms with Gasteiger partial charge in [-0.25, -0.2) is 0 Å². The molecule has 0 aliphatic heterocycles. The molecule has 110 valence electrons. The molecule has 1 amide bonds. The summed E-state index contributed by atoms with van der Waals surface area (Å²) in [4.78, 5) is 12.1. The van der Waals surface area contributed by atoms with Gasteiger partial charge in [0.05, 0.1) is 16.0 Å². The number of benzene rings is 1. The maximum atomic E-state index is 12.6. The Balaban J connectivity index is 3.00. The van der Waals surface area contributed by atoms with Gasteiger partial charge in [-0.05, 0) is 31.5 Å². The third kappa shape index (κ3) is 3.47. The summed E-state index contributed by atoms with van der Waals surface area (Å²) >= 11 is 4.84. The molecule has 1 atom stereocenters. The highest BCUT2D eigenvalue weighted by Crippen LogP contribution is 2.31. The van der Waals surface area contributed by atoms with Crippen LogP contribution in [0.5, 0.6) is 0 Å². The van der Waals surface area contributed by atoms with Crippen LogP contribution in [0.15, 0.2) is 24.3 Å². The number of hydrogen-bond donors (Lipinski definition) is 2. The lowest BCUT2D eigenvalue weighted by Gasteiger charge is -2.25. The van der Waals surface area contributed by atoms with Crippen molar-refractivity contribution in [1.29, 1.82) is 0 Å². The van der Waals surface area contributed by atoms with E-state index in [9.17, 15) is 18.0 Å². The SMILES string of the molecule is CCC(C)(C(=O)Nc1cccc(C(F)(F)F)c1)C(N)=S. The van der Waals surface area contributed by atoms with Crippen LogP contribution in [-0.4, -0.2) is 10.9 Å². The number of alkyl halides is 3. The summed E-state index contributed by atoms with van der Waals surface area (Å²) in [6, 6.07) is 4.40. The molecule has 0 aliphatic rings. The second-order valence-electron chi connectivity index (χ2n) is 4.58. The first-order chi connectivity index (χ1) is 9.11. The van der Waals surface area contributed by atoms with Gasteiger partial charge in [0.1, 0.15) is 0 Å². The topological polar surface area (TPSA) is 55.1 Å². The van der Waals surface area contributed by atoms with Gasteiger partial charge in [0.15, 0.2) is 0 Å². The number of carbonyl (C=O) groups is 1. The molecular formula is C13H15F3N2OS. The Morgan fingerprint density at radius 1 is 1.40 bits per heavy atom. The third-order valence-electron chi connectivity index (χ3n) is 3.20. The Bertz CT molecular complexity index is 531. The van der Waals surface area contributed by atoms with Gasteiger partial charge in [0, 0.05) is 5.69 Å². The Hall–Kier alpha value is -1.63. The summed E-state index contributed by atoms with van der Waals surface area (Å²) in [5.74, 6) is -0.521. The molecule has 0 radical (unpaired) electrons. The van der Waals surface area contributed by atoms with Gasteiger partial charge in [-0.1, -0.05) is 25.2 Å². The van der Waals surface area contributed by atoms with Crippen LogP contribution in [0.1, 0.15) is 25.8 Å². The summed E-state index contributed by atoms with van der Waals surface area (Å²) in [6.45, 7) is 3.28. The van der Waals surface area contributed by atoms with E-state index in [1.54, 1.807) is 13.8 Å². The molecule has 1 aromatic carbocycles. The van der Waals surface area contributed by atoms with Gasteiger partial charge in [-0.2, -0.15) is 13.2 Å². The highest BCUT2D eigenvalue weighted by molar-refractivity contribution is 7.80. The van der Waals surface area contributed by atoms with E-state index < -0.39 is 23.1 Å². The van der Waals surface area contributed by atoms with Crippen molar-refractivity contribution in [2.24, 2.45) is 11.1 Å². The predicted molar refractivity (Wildman–Crippen MR) is 75.3 cm³/mol. The van der Waals surface area contributed by atoms with Gasteiger partial charge >= 0.3 is 6.18 Å². The lowest BCUT2D eigenvalue weighted by Crippen LogP contribution is -2.43. The van der Waals surface area contributed by atoms with Crippen molar-refractivity contribution in [3.05, 3.63) is 29.8 Å². The number of amides is 1. The fourth-order valence-corrected chi connectivity index (χ4v) is 1.73. The van der Waals surface area contributed by atoms with Crippen LogP contribution in [0.2, 0.25) is 0 Å². The van der Waals surface area contributed by atoms with Crippen molar-refractivity contribution in [2.75, 3.05) is 5.32 Å². The quantitative estimate of drug-likeness (QED) is 0.839. The molecule has 0 spiro atoms. The highest BCUT2D eigenvalue weighted by Gasteiger charge is 2.35. The monoisotopic (exact) mass is 304 g/mol. The molecule has 3 N–H and O–H groups in total. The molecule has 1 unspecified atom stereocenters. The maximum absolute atomic E-state index is 12.6. The Morgan fingerprint density at radius 3 is 2.45 bits per heavy atom. The fourth-order valence-electron chi connectivity index (χ4n) is 1.49. The molecular weight excluding hydrogens is 289 g/mol. The minimum atomic E-state index is -4.46. The van der Waals surface area contributed by atoms with E-state index in [1.165, 1.54) is 12.1 Å². The second-order valence-corrected chi connectivity index (χ2v) is 5.02. The zero-order chi connectivity index (χ0) is 15.6. The number of rotatable bonds is 4. The van der Waals surface area contributed by atoms with Crippen molar-refractivity contribution in [3.8, 4) is 0 Å². The van der Waals surface area contributed by atoms with E-state index in [0.29, 0.717) is 6.42 Å². The third-order valence-corrected chi connectivity index (χ3v) is 3.65. The molecule has 3 nitrogen and oxygen atoms in total. The van der Waals surface area contributed by atoms with Crippen LogP contribution in [0, 0.1) is 5.41 Å². The van der Waals surface area contributed by atoms with Gasteiger partial charge in [0.2, 0.25) is 5.91 Å². The second kappa shape index (κ2) is 5.78. The number of hydrogen-bond acceptors (Lipinski definition) is 2. The molecule has 20 heavy (non-hydrogen) atoms. The van der Waals surface area contributed by atoms with Crippen LogP contribution in [0.3, 0.4) is 0 Å². The predicted octanol–water partition coefficient (Wildman–Crippen LogP) is 3.35. The molecule has 0 heterocycles. The summed E-state index contributed by atoms with van der Waals surface area (Å²) in [6.07, 6.45) is -4.11. The zero-order valence-corrected chi connectivity index (χ0v) is 11.9. The molecule has 0 aromatic heterocycles. The molecule has 0 aliphatic carbocycles. The summed E-state index contributed by atoms with van der Waals surface area (Å²) in [5, 5.41) is 2.42. The molecule has 0 fully saturated rings. The normalized spacial score (nSPS) is 14.4. The van der Waals surface area contributed by atoms with E-state index >= 15 is 0 Å². The van der Waals surface area contributed by atoms with E-state index in [0.717, 1.165) is 12.1 Å². The first kappa shape index (κ1) is 16.4. The minimum absolute atomic E-state index is 0.00414. The Morgan fingerprint density at radius 2 is 2.00 bits per heavy atom.